The molecule has 0 aliphatic carbocycles. The maximum absolute atomic E-state index is 8.75. The predicted molar refractivity (Wildman–Crippen MR) is 68.2 cm³/mol. The van der Waals surface area contributed by atoms with E-state index >= 15 is 0 Å². The summed E-state index contributed by atoms with van der Waals surface area (Å²) in [6.45, 7) is 0.822. The van der Waals surface area contributed by atoms with Gasteiger partial charge in [-0.25, -0.2) is 4.98 Å². The zero-order valence-corrected chi connectivity index (χ0v) is 10.1. The summed E-state index contributed by atoms with van der Waals surface area (Å²) in [6.07, 6.45) is 0. The molecule has 2 aromatic rings. The van der Waals surface area contributed by atoms with Gasteiger partial charge in [-0.15, -0.1) is 0 Å². The molecule has 0 fully saturated rings. The van der Waals surface area contributed by atoms with Gasteiger partial charge in [-0.3, -0.25) is 0 Å². The molecule has 0 atom stereocenters. The van der Waals surface area contributed by atoms with Crippen molar-refractivity contribution in [2.75, 3.05) is 7.05 Å². The van der Waals surface area contributed by atoms with Gasteiger partial charge in [-0.2, -0.15) is 5.26 Å². The first kappa shape index (κ1) is 12.1. The molecule has 1 aromatic carbocycles. The molecule has 0 unspecified atom stereocenters. The van der Waals surface area contributed by atoms with Crippen LogP contribution in [0.1, 0.15) is 11.3 Å². The fourth-order valence-electron chi connectivity index (χ4n) is 1.53. The lowest BCUT2D eigenvalue weighted by atomic mass is 10.2. The van der Waals surface area contributed by atoms with Gasteiger partial charge in [0.15, 0.2) is 0 Å². The van der Waals surface area contributed by atoms with E-state index in [1.807, 2.05) is 37.4 Å². The fourth-order valence-corrected chi connectivity index (χ4v) is 1.53. The molecule has 1 aromatic heterocycles. The van der Waals surface area contributed by atoms with Crippen molar-refractivity contribution < 1.29 is 4.74 Å². The Morgan fingerprint density at radius 2 is 2.00 bits per heavy atom. The number of benzene rings is 1. The topological polar surface area (TPSA) is 57.9 Å². The van der Waals surface area contributed by atoms with Crippen LogP contribution in [0.15, 0.2) is 42.5 Å². The molecular formula is C14H13N3O. The number of ether oxygens (including phenoxy) is 1. The second-order valence-corrected chi connectivity index (χ2v) is 3.75. The average Bonchev–Trinajstić information content (AvgIpc) is 2.42. The van der Waals surface area contributed by atoms with Gasteiger partial charge in [-0.1, -0.05) is 18.2 Å². The Labute approximate surface area is 106 Å². The fraction of sp³-hybridized carbons (Fsp3) is 0.143. The predicted octanol–water partition coefficient (Wildman–Crippen LogP) is 2.46. The van der Waals surface area contributed by atoms with Crippen LogP contribution >= 0.6 is 0 Å². The Hall–Kier alpha value is -2.38. The molecule has 4 nitrogen and oxygen atoms in total. The van der Waals surface area contributed by atoms with Crippen molar-refractivity contribution in [2.24, 2.45) is 0 Å². The third-order valence-electron chi connectivity index (χ3n) is 2.36. The highest BCUT2D eigenvalue weighted by molar-refractivity contribution is 5.32. The lowest BCUT2D eigenvalue weighted by Crippen LogP contribution is -2.04. The number of nitriles is 1. The van der Waals surface area contributed by atoms with Crippen molar-refractivity contribution in [1.82, 2.24) is 10.3 Å². The Balaban J connectivity index is 2.11. The summed E-state index contributed by atoms with van der Waals surface area (Å²) in [5.74, 6) is 1.13. The zero-order chi connectivity index (χ0) is 12.8. The molecule has 0 saturated heterocycles. The van der Waals surface area contributed by atoms with E-state index < -0.39 is 0 Å². The first-order valence-electron chi connectivity index (χ1n) is 5.60. The minimum atomic E-state index is 0.347. The quantitative estimate of drug-likeness (QED) is 0.890. The minimum Gasteiger partial charge on any atom is -0.439 e. The molecule has 0 aliphatic rings. The van der Waals surface area contributed by atoms with Crippen LogP contribution in [-0.2, 0) is 6.54 Å². The van der Waals surface area contributed by atoms with Gasteiger partial charge in [0.25, 0.3) is 0 Å². The molecule has 18 heavy (non-hydrogen) atoms. The summed E-state index contributed by atoms with van der Waals surface area (Å²) < 4.78 is 5.57. The van der Waals surface area contributed by atoms with E-state index in [0.717, 1.165) is 6.54 Å². The number of nitrogens with one attached hydrogen (secondary N) is 1. The molecule has 0 aliphatic heterocycles. The van der Waals surface area contributed by atoms with Crippen LogP contribution in [0.3, 0.4) is 0 Å². The summed E-state index contributed by atoms with van der Waals surface area (Å²) in [6, 6.07) is 14.8. The number of hydrogen-bond donors (Lipinski definition) is 1. The number of hydrogen-bond acceptors (Lipinski definition) is 4. The average molecular weight is 239 g/mol. The van der Waals surface area contributed by atoms with Crippen LogP contribution in [0.4, 0.5) is 0 Å². The highest BCUT2D eigenvalue weighted by Crippen LogP contribution is 2.19. The lowest BCUT2D eigenvalue weighted by Gasteiger charge is -2.05. The van der Waals surface area contributed by atoms with Crippen molar-refractivity contribution in [3.8, 4) is 17.7 Å². The van der Waals surface area contributed by atoms with Crippen LogP contribution in [0, 0.1) is 11.3 Å². The van der Waals surface area contributed by atoms with E-state index in [1.165, 1.54) is 5.56 Å². The number of rotatable bonds is 4. The van der Waals surface area contributed by atoms with Gasteiger partial charge >= 0.3 is 0 Å². The van der Waals surface area contributed by atoms with E-state index in [-0.39, 0.29) is 0 Å². The summed E-state index contributed by atoms with van der Waals surface area (Å²) in [4.78, 5) is 4.05. The zero-order valence-electron chi connectivity index (χ0n) is 10.1. The highest BCUT2D eigenvalue weighted by atomic mass is 16.5. The molecule has 0 amide bonds. The molecule has 90 valence electrons. The normalized spacial score (nSPS) is 9.78. The second-order valence-electron chi connectivity index (χ2n) is 3.75. The smallest absolute Gasteiger partial charge is 0.220 e. The van der Waals surface area contributed by atoms with Gasteiger partial charge in [0, 0.05) is 12.6 Å². The Morgan fingerprint density at radius 3 is 2.67 bits per heavy atom. The Morgan fingerprint density at radius 1 is 1.22 bits per heavy atom. The maximum atomic E-state index is 8.75. The van der Waals surface area contributed by atoms with Gasteiger partial charge in [-0.05, 0) is 30.8 Å². The van der Waals surface area contributed by atoms with Crippen LogP contribution in [0.2, 0.25) is 0 Å². The monoisotopic (exact) mass is 239 g/mol. The van der Waals surface area contributed by atoms with Gasteiger partial charge < -0.3 is 10.1 Å². The Kier molecular flexibility index (Phi) is 3.90. The van der Waals surface area contributed by atoms with Crippen LogP contribution in [0.5, 0.6) is 11.6 Å². The number of aromatic nitrogens is 1. The number of pyridine rings is 1. The van der Waals surface area contributed by atoms with E-state index in [1.54, 1.807) is 18.2 Å². The van der Waals surface area contributed by atoms with Gasteiger partial charge in [0.2, 0.25) is 5.88 Å². The summed E-state index contributed by atoms with van der Waals surface area (Å²) in [5.41, 5.74) is 1.53. The second kappa shape index (κ2) is 5.80. The lowest BCUT2D eigenvalue weighted by molar-refractivity contribution is 0.462. The maximum Gasteiger partial charge on any atom is 0.220 e. The Bertz CT molecular complexity index is 558. The van der Waals surface area contributed by atoms with E-state index in [2.05, 4.69) is 10.3 Å². The van der Waals surface area contributed by atoms with Crippen molar-refractivity contribution in [3.63, 3.8) is 0 Å². The molecule has 0 spiro atoms. The van der Waals surface area contributed by atoms with Gasteiger partial charge in [0.05, 0.1) is 0 Å². The first-order chi connectivity index (χ1) is 8.81. The highest BCUT2D eigenvalue weighted by Gasteiger charge is 2.00. The standard InChI is InChI=1S/C14H13N3O/c1-16-10-11-5-7-13(8-6-11)18-14-4-2-3-12(9-15)17-14/h2-8,16H,10H2,1H3. The van der Waals surface area contributed by atoms with Gasteiger partial charge in [0.1, 0.15) is 17.5 Å². The molecular weight excluding hydrogens is 226 g/mol. The molecule has 0 bridgehead atoms. The SMILES string of the molecule is CNCc1ccc(Oc2cccc(C#N)n2)cc1. The van der Waals surface area contributed by atoms with Crippen LogP contribution < -0.4 is 10.1 Å². The summed E-state index contributed by atoms with van der Waals surface area (Å²) >= 11 is 0. The van der Waals surface area contributed by atoms with Crippen molar-refractivity contribution in [3.05, 3.63) is 53.7 Å². The summed E-state index contributed by atoms with van der Waals surface area (Å²) in [7, 11) is 1.90. The molecule has 1 heterocycles. The third-order valence-corrected chi connectivity index (χ3v) is 2.36. The molecule has 4 heteroatoms. The van der Waals surface area contributed by atoms with E-state index in [0.29, 0.717) is 17.3 Å². The number of nitrogens with zero attached hydrogens (tertiary/aromatic N) is 2. The third kappa shape index (κ3) is 3.06. The molecule has 2 rings (SSSR count). The summed E-state index contributed by atoms with van der Waals surface area (Å²) in [5, 5.41) is 11.8. The van der Waals surface area contributed by atoms with Crippen LogP contribution in [0.25, 0.3) is 0 Å². The largest absolute Gasteiger partial charge is 0.439 e. The van der Waals surface area contributed by atoms with Crippen LogP contribution in [-0.4, -0.2) is 12.0 Å². The molecule has 1 N–H and O–H groups in total. The van der Waals surface area contributed by atoms with Crippen molar-refractivity contribution in [1.29, 1.82) is 5.26 Å². The first-order valence-corrected chi connectivity index (χ1v) is 5.60. The molecule has 0 saturated carbocycles. The van der Waals surface area contributed by atoms with E-state index in [4.69, 9.17) is 10.00 Å². The van der Waals surface area contributed by atoms with E-state index in [9.17, 15) is 0 Å². The molecule has 0 radical (unpaired) electrons. The van der Waals surface area contributed by atoms with Crippen molar-refractivity contribution >= 4 is 0 Å². The minimum absolute atomic E-state index is 0.347. The van der Waals surface area contributed by atoms with Crippen molar-refractivity contribution in [2.45, 2.75) is 6.54 Å².